The summed E-state index contributed by atoms with van der Waals surface area (Å²) in [6.45, 7) is 4.32. The highest BCUT2D eigenvalue weighted by Gasteiger charge is 2.43. The number of halogens is 2. The molecule has 2 saturated heterocycles. The Hall–Kier alpha value is -2.82. The highest BCUT2D eigenvalue weighted by molar-refractivity contribution is 5.74. The van der Waals surface area contributed by atoms with Gasteiger partial charge in [-0.1, -0.05) is 49.9 Å². The smallest absolute Gasteiger partial charge is 0.321 e. The number of hydrogen-bond acceptors (Lipinski definition) is 4. The minimum atomic E-state index is -0.712. The molecule has 3 fully saturated rings. The van der Waals surface area contributed by atoms with Gasteiger partial charge in [-0.3, -0.25) is 9.69 Å². The van der Waals surface area contributed by atoms with E-state index in [9.17, 15) is 23.9 Å². The van der Waals surface area contributed by atoms with Gasteiger partial charge >= 0.3 is 5.97 Å². The first-order valence-electron chi connectivity index (χ1n) is 15.5. The van der Waals surface area contributed by atoms with Crippen LogP contribution < -0.4 is 0 Å². The molecule has 41 heavy (non-hydrogen) atoms. The number of nitrogens with zero attached hydrogens (tertiary/aromatic N) is 3. The second-order valence-electron chi connectivity index (χ2n) is 12.6. The Kier molecular flexibility index (Phi) is 10.1. The summed E-state index contributed by atoms with van der Waals surface area (Å²) >= 11 is 0. The van der Waals surface area contributed by atoms with E-state index in [-0.39, 0.29) is 29.1 Å². The molecular weight excluding hydrogens is 520 g/mol. The van der Waals surface area contributed by atoms with Crippen LogP contribution in [-0.4, -0.2) is 59.6 Å². The van der Waals surface area contributed by atoms with E-state index in [4.69, 9.17) is 0 Å². The predicted molar refractivity (Wildman–Crippen MR) is 155 cm³/mol. The zero-order valence-corrected chi connectivity index (χ0v) is 24.0. The second-order valence-corrected chi connectivity index (χ2v) is 12.6. The molecule has 5 rings (SSSR count). The first kappa shape index (κ1) is 29.7. The summed E-state index contributed by atoms with van der Waals surface area (Å²) < 4.78 is 28.2. The second kappa shape index (κ2) is 13.9. The summed E-state index contributed by atoms with van der Waals surface area (Å²) in [4.78, 5) is 17.2. The molecular formula is C34H43F2N3O2. The zero-order chi connectivity index (χ0) is 28.8. The first-order valence-corrected chi connectivity index (χ1v) is 15.5. The summed E-state index contributed by atoms with van der Waals surface area (Å²) in [6.07, 6.45) is 10.3. The van der Waals surface area contributed by atoms with Crippen LogP contribution in [0.15, 0.2) is 42.5 Å². The van der Waals surface area contributed by atoms with Crippen LogP contribution in [0.1, 0.15) is 80.4 Å². The lowest BCUT2D eigenvalue weighted by Crippen LogP contribution is -2.46. The SMILES string of the molecule is N#Cc1c(F)cccc1CCCC1CCN(C[C@H]2CN([C@@H](C(=O)O)C3CCCCC3)C[C@@H]2c2cccc(F)c2)CC1. The lowest BCUT2D eigenvalue weighted by atomic mass is 9.83. The van der Waals surface area contributed by atoms with Crippen LogP contribution in [0.25, 0.3) is 0 Å². The average Bonchev–Trinajstić information content (AvgIpc) is 3.37. The van der Waals surface area contributed by atoms with E-state index in [1.54, 1.807) is 18.2 Å². The Bertz CT molecular complexity index is 1220. The van der Waals surface area contributed by atoms with Crippen molar-refractivity contribution in [2.45, 2.75) is 76.2 Å². The lowest BCUT2D eigenvalue weighted by molar-refractivity contribution is -0.145. The van der Waals surface area contributed by atoms with Gasteiger partial charge in [0.1, 0.15) is 23.7 Å². The summed E-state index contributed by atoms with van der Waals surface area (Å²) in [5, 5.41) is 19.6. The van der Waals surface area contributed by atoms with Crippen molar-refractivity contribution in [3.8, 4) is 6.07 Å². The van der Waals surface area contributed by atoms with Gasteiger partial charge in [0.25, 0.3) is 0 Å². The third kappa shape index (κ3) is 7.34. The number of nitriles is 1. The molecule has 3 atom stereocenters. The quantitative estimate of drug-likeness (QED) is 0.352. The van der Waals surface area contributed by atoms with Crippen LogP contribution in [0.5, 0.6) is 0 Å². The third-order valence-electron chi connectivity index (χ3n) is 9.96. The van der Waals surface area contributed by atoms with Gasteiger partial charge in [-0.15, -0.1) is 0 Å². The van der Waals surface area contributed by atoms with Crippen molar-refractivity contribution >= 4 is 5.97 Å². The molecule has 1 saturated carbocycles. The number of rotatable bonds is 10. The number of likely N-dealkylation sites (tertiary alicyclic amines) is 2. The molecule has 5 nitrogen and oxygen atoms in total. The maximum atomic E-state index is 14.2. The van der Waals surface area contributed by atoms with Gasteiger partial charge in [0.05, 0.1) is 5.56 Å². The fourth-order valence-electron chi connectivity index (χ4n) is 7.81. The molecule has 1 N–H and O–H groups in total. The molecule has 0 radical (unpaired) electrons. The predicted octanol–water partition coefficient (Wildman–Crippen LogP) is 6.62. The summed E-state index contributed by atoms with van der Waals surface area (Å²) in [5.41, 5.74) is 1.95. The maximum Gasteiger partial charge on any atom is 0.321 e. The Balaban J connectivity index is 1.18. The van der Waals surface area contributed by atoms with Crippen LogP contribution in [0.4, 0.5) is 8.78 Å². The van der Waals surface area contributed by atoms with Gasteiger partial charge < -0.3 is 10.0 Å². The van der Waals surface area contributed by atoms with Crippen molar-refractivity contribution in [1.82, 2.24) is 9.80 Å². The van der Waals surface area contributed by atoms with Gasteiger partial charge in [-0.25, -0.2) is 8.78 Å². The van der Waals surface area contributed by atoms with Crippen LogP contribution in [0.3, 0.4) is 0 Å². The molecule has 0 spiro atoms. The molecule has 2 heterocycles. The van der Waals surface area contributed by atoms with Crippen molar-refractivity contribution in [3.63, 3.8) is 0 Å². The molecule has 0 amide bonds. The van der Waals surface area contributed by atoms with Gasteiger partial charge in [-0.05, 0) is 98.7 Å². The van der Waals surface area contributed by atoms with Crippen LogP contribution in [0, 0.1) is 40.7 Å². The molecule has 2 aromatic rings. The lowest BCUT2D eigenvalue weighted by Gasteiger charge is -2.35. The number of carboxylic acid groups (broad SMARTS) is 1. The van der Waals surface area contributed by atoms with E-state index in [0.717, 1.165) is 95.1 Å². The number of carboxylic acids is 1. The summed E-state index contributed by atoms with van der Waals surface area (Å²) in [7, 11) is 0. The molecule has 3 aliphatic rings. The van der Waals surface area contributed by atoms with Crippen molar-refractivity contribution < 1.29 is 18.7 Å². The number of hydrogen-bond donors (Lipinski definition) is 1. The zero-order valence-electron chi connectivity index (χ0n) is 24.0. The fraction of sp³-hybridized carbons (Fsp3) is 0.588. The molecule has 1 aliphatic carbocycles. The summed E-state index contributed by atoms with van der Waals surface area (Å²) in [6, 6.07) is 13.3. The Labute approximate surface area is 243 Å². The monoisotopic (exact) mass is 563 g/mol. The van der Waals surface area contributed by atoms with E-state index < -0.39 is 17.8 Å². The molecule has 0 unspecified atom stereocenters. The van der Waals surface area contributed by atoms with Crippen LogP contribution in [-0.2, 0) is 11.2 Å². The number of carbonyl (C=O) groups is 1. The average molecular weight is 564 g/mol. The molecule has 0 aromatic heterocycles. The molecule has 220 valence electrons. The van der Waals surface area contributed by atoms with Crippen molar-refractivity contribution in [2.24, 2.45) is 17.8 Å². The highest BCUT2D eigenvalue weighted by Crippen LogP contribution is 2.39. The van der Waals surface area contributed by atoms with Crippen molar-refractivity contribution in [2.75, 3.05) is 32.7 Å². The van der Waals surface area contributed by atoms with E-state index in [2.05, 4.69) is 9.80 Å². The maximum absolute atomic E-state index is 14.2. The van der Waals surface area contributed by atoms with E-state index in [0.29, 0.717) is 12.5 Å². The molecule has 7 heteroatoms. The number of aryl methyl sites for hydroxylation is 1. The Morgan fingerprint density at radius 2 is 1.78 bits per heavy atom. The van der Waals surface area contributed by atoms with E-state index in [1.807, 2.05) is 18.2 Å². The first-order chi connectivity index (χ1) is 19.9. The standard InChI is InChI=1S/C34H43F2N3O2/c35-29-13-5-12-27(19-29)31-23-39(33(34(40)41)26-8-2-1-3-9-26)22-28(31)21-38-17-15-24(16-18-38)7-4-10-25-11-6-14-32(36)30(25)20-37/h5-6,11-14,19,24,26,28,31,33H,1-4,7-10,15-18,21-23H2,(H,40,41)/t28-,31+,33+/m0/s1. The van der Waals surface area contributed by atoms with E-state index in [1.165, 1.54) is 18.6 Å². The van der Waals surface area contributed by atoms with Gasteiger partial charge in [-0.2, -0.15) is 5.26 Å². The third-order valence-corrected chi connectivity index (χ3v) is 9.96. The molecule has 2 aromatic carbocycles. The van der Waals surface area contributed by atoms with Crippen LogP contribution in [0.2, 0.25) is 0 Å². The highest BCUT2D eigenvalue weighted by atomic mass is 19.1. The number of aliphatic carboxylic acids is 1. The van der Waals surface area contributed by atoms with E-state index >= 15 is 0 Å². The minimum Gasteiger partial charge on any atom is -0.480 e. The summed E-state index contributed by atoms with van der Waals surface area (Å²) in [5.74, 6) is -0.189. The largest absolute Gasteiger partial charge is 0.480 e. The number of benzene rings is 2. The molecule has 2 aliphatic heterocycles. The normalized spacial score (nSPS) is 23.8. The van der Waals surface area contributed by atoms with Gasteiger partial charge in [0, 0.05) is 25.6 Å². The topological polar surface area (TPSA) is 67.6 Å². The van der Waals surface area contributed by atoms with Crippen molar-refractivity contribution in [3.05, 3.63) is 70.8 Å². The Morgan fingerprint density at radius 3 is 2.49 bits per heavy atom. The van der Waals surface area contributed by atoms with Crippen molar-refractivity contribution in [1.29, 1.82) is 5.26 Å². The van der Waals surface area contributed by atoms with Gasteiger partial charge in [0.2, 0.25) is 0 Å². The Morgan fingerprint density at radius 1 is 1.02 bits per heavy atom. The van der Waals surface area contributed by atoms with Crippen LogP contribution >= 0.6 is 0 Å². The van der Waals surface area contributed by atoms with Gasteiger partial charge in [0.15, 0.2) is 0 Å². The number of piperidine rings is 1. The minimum absolute atomic E-state index is 0.120. The molecule has 0 bridgehead atoms. The fourth-order valence-corrected chi connectivity index (χ4v) is 7.81.